The highest BCUT2D eigenvalue weighted by Crippen LogP contribution is 2.38. The summed E-state index contributed by atoms with van der Waals surface area (Å²) in [6.45, 7) is 2.59. The van der Waals surface area contributed by atoms with Crippen LogP contribution in [0.5, 0.6) is 5.75 Å². The van der Waals surface area contributed by atoms with Crippen LogP contribution in [0.4, 0.5) is 14.5 Å². The molecule has 0 aliphatic carbocycles. The molecule has 2 aromatic rings. The highest BCUT2D eigenvalue weighted by atomic mass is 79.9. The van der Waals surface area contributed by atoms with Crippen LogP contribution in [0.3, 0.4) is 0 Å². The third-order valence-electron chi connectivity index (χ3n) is 3.65. The van der Waals surface area contributed by atoms with Crippen LogP contribution in [-0.2, 0) is 0 Å². The zero-order valence-electron chi connectivity index (χ0n) is 11.4. The first-order valence-electron chi connectivity index (χ1n) is 6.69. The van der Waals surface area contributed by atoms with E-state index in [-0.39, 0.29) is 22.1 Å². The van der Waals surface area contributed by atoms with Gasteiger partial charge in [0.2, 0.25) is 0 Å². The number of halogens is 3. The van der Waals surface area contributed by atoms with E-state index < -0.39 is 11.6 Å². The molecule has 2 unspecified atom stereocenters. The Kier molecular flexibility index (Phi) is 3.85. The SMILES string of the molecule is CC1COc2ccccc2C1Nc1cc(Br)c(F)cc1F. The molecule has 0 saturated carbocycles. The monoisotopic (exact) mass is 353 g/mol. The second kappa shape index (κ2) is 5.64. The number of para-hydroxylation sites is 1. The molecule has 0 saturated heterocycles. The van der Waals surface area contributed by atoms with Crippen molar-refractivity contribution in [1.82, 2.24) is 0 Å². The fourth-order valence-electron chi connectivity index (χ4n) is 2.51. The summed E-state index contributed by atoms with van der Waals surface area (Å²) in [6.07, 6.45) is 0. The van der Waals surface area contributed by atoms with Crippen molar-refractivity contribution >= 4 is 21.6 Å². The molecule has 2 nitrogen and oxygen atoms in total. The number of hydrogen-bond donors (Lipinski definition) is 1. The maximum absolute atomic E-state index is 13.9. The van der Waals surface area contributed by atoms with Gasteiger partial charge in [0.15, 0.2) is 0 Å². The fraction of sp³-hybridized carbons (Fsp3) is 0.250. The number of hydrogen-bond acceptors (Lipinski definition) is 2. The van der Waals surface area contributed by atoms with E-state index in [4.69, 9.17) is 4.74 Å². The van der Waals surface area contributed by atoms with Crippen molar-refractivity contribution in [1.29, 1.82) is 0 Å². The van der Waals surface area contributed by atoms with Gasteiger partial charge in [-0.1, -0.05) is 25.1 Å². The Labute approximate surface area is 130 Å². The number of ether oxygens (including phenoxy) is 1. The first-order valence-corrected chi connectivity index (χ1v) is 7.48. The minimum Gasteiger partial charge on any atom is -0.493 e. The number of rotatable bonds is 2. The minimum atomic E-state index is -0.613. The fourth-order valence-corrected chi connectivity index (χ4v) is 2.86. The van der Waals surface area contributed by atoms with Crippen molar-refractivity contribution in [2.45, 2.75) is 13.0 Å². The van der Waals surface area contributed by atoms with Gasteiger partial charge in [0.1, 0.15) is 17.4 Å². The van der Waals surface area contributed by atoms with E-state index in [2.05, 4.69) is 21.2 Å². The molecule has 0 spiro atoms. The molecule has 0 radical (unpaired) electrons. The Hall–Kier alpha value is -1.62. The highest BCUT2D eigenvalue weighted by molar-refractivity contribution is 9.10. The van der Waals surface area contributed by atoms with Gasteiger partial charge in [-0.05, 0) is 28.1 Å². The van der Waals surface area contributed by atoms with E-state index in [0.29, 0.717) is 6.61 Å². The van der Waals surface area contributed by atoms with E-state index in [0.717, 1.165) is 17.4 Å². The van der Waals surface area contributed by atoms with Gasteiger partial charge in [-0.3, -0.25) is 0 Å². The Morgan fingerprint density at radius 2 is 1.95 bits per heavy atom. The first-order chi connectivity index (χ1) is 10.1. The second-order valence-corrected chi connectivity index (χ2v) is 6.05. The van der Waals surface area contributed by atoms with E-state index in [1.54, 1.807) is 0 Å². The number of fused-ring (bicyclic) bond motifs is 1. The molecule has 1 aliphatic rings. The molecule has 5 heteroatoms. The van der Waals surface area contributed by atoms with E-state index in [9.17, 15) is 8.78 Å². The average molecular weight is 354 g/mol. The van der Waals surface area contributed by atoms with Crippen LogP contribution in [0.2, 0.25) is 0 Å². The van der Waals surface area contributed by atoms with Gasteiger partial charge in [-0.25, -0.2) is 8.78 Å². The molecule has 21 heavy (non-hydrogen) atoms. The van der Waals surface area contributed by atoms with E-state index >= 15 is 0 Å². The summed E-state index contributed by atoms with van der Waals surface area (Å²) in [6, 6.07) is 9.90. The van der Waals surface area contributed by atoms with Gasteiger partial charge in [-0.15, -0.1) is 0 Å². The average Bonchev–Trinajstić information content (AvgIpc) is 2.47. The van der Waals surface area contributed by atoms with Crippen LogP contribution in [0.15, 0.2) is 40.9 Å². The minimum absolute atomic E-state index is 0.0817. The molecule has 0 aromatic heterocycles. The third kappa shape index (κ3) is 2.75. The van der Waals surface area contributed by atoms with Crippen molar-refractivity contribution in [3.8, 4) is 5.75 Å². The maximum Gasteiger partial charge on any atom is 0.149 e. The Balaban J connectivity index is 1.96. The summed E-state index contributed by atoms with van der Waals surface area (Å²) in [5.74, 6) is -0.247. The number of benzene rings is 2. The normalized spacial score (nSPS) is 20.6. The lowest BCUT2D eigenvalue weighted by Gasteiger charge is -2.32. The van der Waals surface area contributed by atoms with Crippen LogP contribution >= 0.6 is 15.9 Å². The predicted molar refractivity (Wildman–Crippen MR) is 81.5 cm³/mol. The van der Waals surface area contributed by atoms with Crippen LogP contribution in [0.1, 0.15) is 18.5 Å². The van der Waals surface area contributed by atoms with Gasteiger partial charge in [0, 0.05) is 17.5 Å². The molecule has 1 heterocycles. The highest BCUT2D eigenvalue weighted by Gasteiger charge is 2.28. The molecule has 1 aliphatic heterocycles. The lowest BCUT2D eigenvalue weighted by atomic mass is 9.92. The zero-order valence-corrected chi connectivity index (χ0v) is 13.0. The molecule has 0 fully saturated rings. The van der Waals surface area contributed by atoms with E-state index in [1.165, 1.54) is 6.07 Å². The van der Waals surface area contributed by atoms with Gasteiger partial charge < -0.3 is 10.1 Å². The Bertz CT molecular complexity index is 677. The molecule has 3 rings (SSSR count). The Morgan fingerprint density at radius 1 is 1.19 bits per heavy atom. The Morgan fingerprint density at radius 3 is 2.76 bits per heavy atom. The summed E-state index contributed by atoms with van der Waals surface area (Å²) in [5, 5.41) is 3.17. The van der Waals surface area contributed by atoms with Crippen molar-refractivity contribution in [2.24, 2.45) is 5.92 Å². The van der Waals surface area contributed by atoms with Crippen molar-refractivity contribution in [3.63, 3.8) is 0 Å². The summed E-state index contributed by atoms with van der Waals surface area (Å²) in [5.41, 5.74) is 1.26. The molecular formula is C16H14BrF2NO. The second-order valence-electron chi connectivity index (χ2n) is 5.19. The molecule has 0 bridgehead atoms. The topological polar surface area (TPSA) is 21.3 Å². The van der Waals surface area contributed by atoms with Gasteiger partial charge >= 0.3 is 0 Å². The molecule has 110 valence electrons. The summed E-state index contributed by atoms with van der Waals surface area (Å²) in [4.78, 5) is 0. The van der Waals surface area contributed by atoms with Gasteiger partial charge in [0.05, 0.1) is 22.8 Å². The zero-order chi connectivity index (χ0) is 15.0. The predicted octanol–water partition coefficient (Wildman–Crippen LogP) is 4.91. The van der Waals surface area contributed by atoms with Crippen LogP contribution in [-0.4, -0.2) is 6.61 Å². The summed E-state index contributed by atoms with van der Waals surface area (Å²) < 4.78 is 33.2. The van der Waals surface area contributed by atoms with Crippen LogP contribution in [0, 0.1) is 17.6 Å². The molecular weight excluding hydrogens is 340 g/mol. The molecule has 2 atom stereocenters. The van der Waals surface area contributed by atoms with Crippen molar-refractivity contribution in [3.05, 3.63) is 58.1 Å². The van der Waals surface area contributed by atoms with Gasteiger partial charge in [0.25, 0.3) is 0 Å². The lowest BCUT2D eigenvalue weighted by molar-refractivity contribution is 0.214. The van der Waals surface area contributed by atoms with Crippen molar-refractivity contribution < 1.29 is 13.5 Å². The molecule has 0 amide bonds. The third-order valence-corrected chi connectivity index (χ3v) is 4.25. The quantitative estimate of drug-likeness (QED) is 0.774. The molecule has 1 N–H and O–H groups in total. The smallest absolute Gasteiger partial charge is 0.149 e. The number of nitrogens with one attached hydrogen (secondary N) is 1. The maximum atomic E-state index is 13.9. The van der Waals surface area contributed by atoms with E-state index in [1.807, 2.05) is 31.2 Å². The first kappa shape index (κ1) is 14.3. The van der Waals surface area contributed by atoms with Crippen molar-refractivity contribution in [2.75, 3.05) is 11.9 Å². The number of anilines is 1. The van der Waals surface area contributed by atoms with Crippen LogP contribution in [0.25, 0.3) is 0 Å². The summed E-state index contributed by atoms with van der Waals surface area (Å²) >= 11 is 3.09. The van der Waals surface area contributed by atoms with Crippen LogP contribution < -0.4 is 10.1 Å². The van der Waals surface area contributed by atoms with Gasteiger partial charge in [-0.2, -0.15) is 0 Å². The lowest BCUT2D eigenvalue weighted by Crippen LogP contribution is -2.29. The summed E-state index contributed by atoms with van der Waals surface area (Å²) in [7, 11) is 0. The largest absolute Gasteiger partial charge is 0.493 e. The standard InChI is InChI=1S/C16H14BrF2NO/c1-9-8-21-15-5-3-2-4-10(15)16(9)20-14-6-11(17)12(18)7-13(14)19/h2-7,9,16,20H,8H2,1H3. The molecule has 2 aromatic carbocycles.